The van der Waals surface area contributed by atoms with Gasteiger partial charge in [-0.05, 0) is 31.4 Å². The molecule has 2 heteroatoms. The summed E-state index contributed by atoms with van der Waals surface area (Å²) in [6.07, 6.45) is 3.97. The van der Waals surface area contributed by atoms with Crippen LogP contribution in [0.15, 0.2) is 30.3 Å². The molecule has 1 aromatic carbocycles. The van der Waals surface area contributed by atoms with Crippen molar-refractivity contribution in [2.45, 2.75) is 31.3 Å². The van der Waals surface area contributed by atoms with Gasteiger partial charge in [-0.3, -0.25) is 4.90 Å². The normalized spacial score (nSPS) is 30.2. The van der Waals surface area contributed by atoms with Gasteiger partial charge in [0.15, 0.2) is 0 Å². The summed E-state index contributed by atoms with van der Waals surface area (Å²) < 4.78 is 0. The van der Waals surface area contributed by atoms with Crippen LogP contribution in [0.25, 0.3) is 0 Å². The fraction of sp³-hybridized carbons (Fsp3) is 0.571. The fourth-order valence-electron chi connectivity index (χ4n) is 3.17. The van der Waals surface area contributed by atoms with Crippen LogP contribution in [0, 0.1) is 0 Å². The molecule has 0 radical (unpaired) electrons. The maximum absolute atomic E-state index is 3.58. The van der Waals surface area contributed by atoms with Gasteiger partial charge in [0, 0.05) is 25.2 Å². The largest absolute Gasteiger partial charge is 0.314 e. The summed E-state index contributed by atoms with van der Waals surface area (Å²) in [6, 6.07) is 12.4. The summed E-state index contributed by atoms with van der Waals surface area (Å²) in [5, 5.41) is 3.58. The summed E-state index contributed by atoms with van der Waals surface area (Å²) in [5.41, 5.74) is 1.47. The van der Waals surface area contributed by atoms with Crippen LogP contribution in [0.4, 0.5) is 0 Å². The third kappa shape index (κ3) is 2.00. The van der Waals surface area contributed by atoms with Crippen LogP contribution >= 0.6 is 0 Å². The summed E-state index contributed by atoms with van der Waals surface area (Å²) >= 11 is 0. The molecule has 0 aliphatic carbocycles. The van der Waals surface area contributed by atoms with E-state index >= 15 is 0 Å². The van der Waals surface area contributed by atoms with E-state index in [1.165, 1.54) is 37.9 Å². The summed E-state index contributed by atoms with van der Waals surface area (Å²) in [4.78, 5) is 2.73. The van der Waals surface area contributed by atoms with Crippen molar-refractivity contribution in [1.82, 2.24) is 10.2 Å². The number of hydrogen-bond donors (Lipinski definition) is 1. The Bertz CT molecular complexity index is 336. The highest BCUT2D eigenvalue weighted by Gasteiger charge is 2.33. The van der Waals surface area contributed by atoms with Gasteiger partial charge in [0.1, 0.15) is 0 Å². The highest BCUT2D eigenvalue weighted by Crippen LogP contribution is 2.23. The minimum absolute atomic E-state index is 0.712. The first-order valence-electron chi connectivity index (χ1n) is 6.44. The Morgan fingerprint density at radius 1 is 1.19 bits per heavy atom. The van der Waals surface area contributed by atoms with Gasteiger partial charge < -0.3 is 5.32 Å². The number of rotatable bonds is 2. The Balaban J connectivity index is 1.70. The molecule has 2 aliphatic heterocycles. The van der Waals surface area contributed by atoms with E-state index in [1.807, 2.05) is 0 Å². The van der Waals surface area contributed by atoms with E-state index in [4.69, 9.17) is 0 Å². The topological polar surface area (TPSA) is 15.3 Å². The lowest BCUT2D eigenvalue weighted by Gasteiger charge is -2.38. The quantitative estimate of drug-likeness (QED) is 0.809. The van der Waals surface area contributed by atoms with Crippen molar-refractivity contribution in [1.29, 1.82) is 0 Å². The molecule has 1 aromatic rings. The van der Waals surface area contributed by atoms with E-state index in [0.717, 1.165) is 12.6 Å². The lowest BCUT2D eigenvalue weighted by atomic mass is 10.0. The molecule has 2 fully saturated rings. The van der Waals surface area contributed by atoms with Crippen LogP contribution in [0.1, 0.15) is 18.4 Å². The van der Waals surface area contributed by atoms with Crippen molar-refractivity contribution in [2.24, 2.45) is 0 Å². The molecule has 86 valence electrons. The number of benzene rings is 1. The Hall–Kier alpha value is -0.860. The molecule has 3 rings (SSSR count). The predicted octanol–water partition coefficient (Wildman–Crippen LogP) is 1.67. The van der Waals surface area contributed by atoms with E-state index in [9.17, 15) is 0 Å². The van der Waals surface area contributed by atoms with Crippen molar-refractivity contribution in [3.05, 3.63) is 35.9 Å². The molecule has 2 heterocycles. The second kappa shape index (κ2) is 4.56. The third-order valence-electron chi connectivity index (χ3n) is 3.97. The molecule has 0 spiro atoms. The lowest BCUT2D eigenvalue weighted by molar-refractivity contribution is 0.137. The molecular weight excluding hydrogens is 196 g/mol. The monoisotopic (exact) mass is 216 g/mol. The van der Waals surface area contributed by atoms with Crippen molar-refractivity contribution in [3.8, 4) is 0 Å². The van der Waals surface area contributed by atoms with Gasteiger partial charge in [0.2, 0.25) is 0 Å². The Kier molecular flexibility index (Phi) is 2.94. The highest BCUT2D eigenvalue weighted by molar-refractivity contribution is 5.16. The average Bonchev–Trinajstić information content (AvgIpc) is 2.80. The minimum Gasteiger partial charge on any atom is -0.314 e. The number of hydrogen-bond acceptors (Lipinski definition) is 2. The van der Waals surface area contributed by atoms with Gasteiger partial charge in [0.25, 0.3) is 0 Å². The average molecular weight is 216 g/mol. The Labute approximate surface area is 97.6 Å². The van der Waals surface area contributed by atoms with Gasteiger partial charge in [0.05, 0.1) is 0 Å². The molecule has 2 nitrogen and oxygen atoms in total. The summed E-state index contributed by atoms with van der Waals surface area (Å²) in [5.74, 6) is 0. The molecule has 2 atom stereocenters. The zero-order valence-corrected chi connectivity index (χ0v) is 9.73. The lowest BCUT2D eigenvalue weighted by Crippen LogP contribution is -2.55. The summed E-state index contributed by atoms with van der Waals surface area (Å²) in [7, 11) is 0. The van der Waals surface area contributed by atoms with E-state index in [2.05, 4.69) is 40.5 Å². The van der Waals surface area contributed by atoms with E-state index < -0.39 is 0 Å². The molecule has 2 aliphatic rings. The van der Waals surface area contributed by atoms with Gasteiger partial charge >= 0.3 is 0 Å². The van der Waals surface area contributed by atoms with Crippen molar-refractivity contribution in [3.63, 3.8) is 0 Å². The van der Waals surface area contributed by atoms with Crippen LogP contribution < -0.4 is 5.32 Å². The first-order chi connectivity index (χ1) is 7.93. The Morgan fingerprint density at radius 2 is 2.06 bits per heavy atom. The van der Waals surface area contributed by atoms with E-state index in [-0.39, 0.29) is 0 Å². The zero-order valence-electron chi connectivity index (χ0n) is 9.73. The van der Waals surface area contributed by atoms with Gasteiger partial charge in [-0.2, -0.15) is 0 Å². The molecule has 0 bridgehead atoms. The third-order valence-corrected chi connectivity index (χ3v) is 3.97. The maximum atomic E-state index is 3.58. The second-order valence-corrected chi connectivity index (χ2v) is 5.04. The molecule has 0 saturated carbocycles. The standard InChI is InChI=1S/C14H20N2/c1-2-5-12(6-3-1)9-14-11-15-10-13-7-4-8-16(13)14/h1-3,5-6,13-15H,4,7-11H2/t13-,14?/m0/s1. The fourth-order valence-corrected chi connectivity index (χ4v) is 3.17. The molecule has 0 amide bonds. The van der Waals surface area contributed by atoms with Gasteiger partial charge in [-0.15, -0.1) is 0 Å². The van der Waals surface area contributed by atoms with E-state index in [0.29, 0.717) is 6.04 Å². The zero-order chi connectivity index (χ0) is 10.8. The van der Waals surface area contributed by atoms with Crippen LogP contribution in [-0.2, 0) is 6.42 Å². The summed E-state index contributed by atoms with van der Waals surface area (Å²) in [6.45, 7) is 3.67. The number of nitrogens with zero attached hydrogens (tertiary/aromatic N) is 1. The number of nitrogens with one attached hydrogen (secondary N) is 1. The maximum Gasteiger partial charge on any atom is 0.0264 e. The molecule has 2 saturated heterocycles. The molecular formula is C14H20N2. The molecule has 1 unspecified atom stereocenters. The molecule has 0 aromatic heterocycles. The minimum atomic E-state index is 0.712. The van der Waals surface area contributed by atoms with Gasteiger partial charge in [-0.25, -0.2) is 0 Å². The predicted molar refractivity (Wildman–Crippen MR) is 66.5 cm³/mol. The van der Waals surface area contributed by atoms with Gasteiger partial charge in [-0.1, -0.05) is 30.3 Å². The van der Waals surface area contributed by atoms with Crippen LogP contribution in [0.2, 0.25) is 0 Å². The molecule has 16 heavy (non-hydrogen) atoms. The van der Waals surface area contributed by atoms with Crippen molar-refractivity contribution >= 4 is 0 Å². The van der Waals surface area contributed by atoms with E-state index in [1.54, 1.807) is 0 Å². The first kappa shape index (κ1) is 10.3. The second-order valence-electron chi connectivity index (χ2n) is 5.04. The van der Waals surface area contributed by atoms with Crippen LogP contribution in [0.5, 0.6) is 0 Å². The van der Waals surface area contributed by atoms with Crippen molar-refractivity contribution < 1.29 is 0 Å². The highest BCUT2D eigenvalue weighted by atomic mass is 15.3. The first-order valence-corrected chi connectivity index (χ1v) is 6.44. The SMILES string of the molecule is c1ccc(CC2CNC[C@@H]3CCCN23)cc1. The van der Waals surface area contributed by atoms with Crippen LogP contribution in [0.3, 0.4) is 0 Å². The number of piperazine rings is 1. The smallest absolute Gasteiger partial charge is 0.0264 e. The number of fused-ring (bicyclic) bond motifs is 1. The van der Waals surface area contributed by atoms with Crippen molar-refractivity contribution in [2.75, 3.05) is 19.6 Å². The molecule has 1 N–H and O–H groups in total. The Morgan fingerprint density at radius 3 is 2.94 bits per heavy atom. The van der Waals surface area contributed by atoms with Crippen LogP contribution in [-0.4, -0.2) is 36.6 Å².